The van der Waals surface area contributed by atoms with Crippen LogP contribution in [0.1, 0.15) is 28.0 Å². The predicted molar refractivity (Wildman–Crippen MR) is 79.9 cm³/mol. The van der Waals surface area contributed by atoms with E-state index in [0.717, 1.165) is 15.4 Å². The zero-order chi connectivity index (χ0) is 14.3. The number of nitrogens with zero attached hydrogens (tertiary/aromatic N) is 3. The fraction of sp³-hybridized carbons (Fsp3) is 0.286. The van der Waals surface area contributed by atoms with Crippen LogP contribution in [0.5, 0.6) is 0 Å². The van der Waals surface area contributed by atoms with Crippen LogP contribution in [0.15, 0.2) is 24.4 Å². The molecule has 1 atom stereocenters. The van der Waals surface area contributed by atoms with Crippen molar-refractivity contribution >= 4 is 34.0 Å². The van der Waals surface area contributed by atoms with E-state index in [1.807, 2.05) is 30.7 Å². The molecule has 0 amide bonds. The Bertz CT molecular complexity index is 763. The average molecular weight is 310 g/mol. The summed E-state index contributed by atoms with van der Waals surface area (Å²) in [6, 6.07) is 4.97. The van der Waals surface area contributed by atoms with Gasteiger partial charge in [-0.3, -0.25) is 0 Å². The second-order valence-electron chi connectivity index (χ2n) is 4.63. The van der Waals surface area contributed by atoms with E-state index in [0.29, 0.717) is 17.9 Å². The minimum atomic E-state index is -0.319. The molecule has 3 nitrogen and oxygen atoms in total. The van der Waals surface area contributed by atoms with Crippen molar-refractivity contribution in [3.63, 3.8) is 0 Å². The van der Waals surface area contributed by atoms with Gasteiger partial charge in [0.25, 0.3) is 0 Å². The number of fused-ring (bicyclic) bond motifs is 1. The highest BCUT2D eigenvalue weighted by Gasteiger charge is 2.17. The van der Waals surface area contributed by atoms with Crippen molar-refractivity contribution in [3.8, 4) is 0 Å². The van der Waals surface area contributed by atoms with Gasteiger partial charge in [-0.15, -0.1) is 22.9 Å². The van der Waals surface area contributed by atoms with Crippen molar-refractivity contribution in [2.75, 3.05) is 0 Å². The number of halogens is 2. The average Bonchev–Trinajstić information content (AvgIpc) is 2.96. The van der Waals surface area contributed by atoms with Crippen molar-refractivity contribution in [2.45, 2.75) is 25.8 Å². The van der Waals surface area contributed by atoms with Crippen molar-refractivity contribution in [3.05, 3.63) is 45.9 Å². The van der Waals surface area contributed by atoms with E-state index in [-0.39, 0.29) is 11.2 Å². The van der Waals surface area contributed by atoms with Gasteiger partial charge in [0.1, 0.15) is 11.3 Å². The summed E-state index contributed by atoms with van der Waals surface area (Å²) in [4.78, 5) is 9.70. The highest BCUT2D eigenvalue weighted by Crippen LogP contribution is 2.27. The highest BCUT2D eigenvalue weighted by atomic mass is 35.5. The van der Waals surface area contributed by atoms with Gasteiger partial charge in [-0.2, -0.15) is 0 Å². The van der Waals surface area contributed by atoms with E-state index in [4.69, 9.17) is 11.6 Å². The van der Waals surface area contributed by atoms with E-state index in [1.54, 1.807) is 17.4 Å². The van der Waals surface area contributed by atoms with Crippen LogP contribution in [-0.2, 0) is 6.54 Å². The molecule has 0 saturated heterocycles. The molecule has 3 aromatic rings. The second kappa shape index (κ2) is 5.14. The lowest BCUT2D eigenvalue weighted by atomic mass is 10.3. The molecule has 0 fully saturated rings. The Hall–Kier alpha value is -1.46. The van der Waals surface area contributed by atoms with Gasteiger partial charge < -0.3 is 4.57 Å². The lowest BCUT2D eigenvalue weighted by Gasteiger charge is -2.08. The summed E-state index contributed by atoms with van der Waals surface area (Å²) in [6.07, 6.45) is 1.84. The molecule has 20 heavy (non-hydrogen) atoms. The van der Waals surface area contributed by atoms with Crippen molar-refractivity contribution in [1.29, 1.82) is 0 Å². The fourth-order valence-corrected chi connectivity index (χ4v) is 3.19. The molecule has 1 unspecified atom stereocenters. The molecule has 3 rings (SSSR count). The molecule has 0 aliphatic heterocycles. The highest BCUT2D eigenvalue weighted by molar-refractivity contribution is 7.11. The molecule has 6 heteroatoms. The van der Waals surface area contributed by atoms with Crippen LogP contribution in [0, 0.1) is 12.7 Å². The molecule has 0 bridgehead atoms. The van der Waals surface area contributed by atoms with Crippen LogP contribution in [0.3, 0.4) is 0 Å². The first-order valence-electron chi connectivity index (χ1n) is 6.26. The maximum absolute atomic E-state index is 13.9. The summed E-state index contributed by atoms with van der Waals surface area (Å²) in [7, 11) is 0. The van der Waals surface area contributed by atoms with E-state index >= 15 is 0 Å². The summed E-state index contributed by atoms with van der Waals surface area (Å²) in [5, 5.41) is 0.729. The standard InChI is InChI=1S/C14H13ClFN3S/c1-8(15)14-18-13-11(16)4-3-5-12(13)19(14)7-10-6-17-9(2)20-10/h3-6,8H,7H2,1-2H3. The molecule has 0 aliphatic carbocycles. The zero-order valence-electron chi connectivity index (χ0n) is 11.1. The lowest BCUT2D eigenvalue weighted by Crippen LogP contribution is -2.04. The first kappa shape index (κ1) is 13.5. The van der Waals surface area contributed by atoms with Crippen LogP contribution in [0.4, 0.5) is 4.39 Å². The molecule has 2 heterocycles. The monoisotopic (exact) mass is 309 g/mol. The van der Waals surface area contributed by atoms with Crippen molar-refractivity contribution in [2.24, 2.45) is 0 Å². The zero-order valence-corrected chi connectivity index (χ0v) is 12.7. The van der Waals surface area contributed by atoms with E-state index < -0.39 is 0 Å². The van der Waals surface area contributed by atoms with Crippen LogP contribution >= 0.6 is 22.9 Å². The Morgan fingerprint density at radius 2 is 2.25 bits per heavy atom. The van der Waals surface area contributed by atoms with E-state index in [9.17, 15) is 4.39 Å². The Morgan fingerprint density at radius 3 is 2.90 bits per heavy atom. The smallest absolute Gasteiger partial charge is 0.151 e. The lowest BCUT2D eigenvalue weighted by molar-refractivity contribution is 0.637. The van der Waals surface area contributed by atoms with Gasteiger partial charge >= 0.3 is 0 Å². The third-order valence-corrected chi connectivity index (χ3v) is 4.19. The van der Waals surface area contributed by atoms with E-state index in [2.05, 4.69) is 9.97 Å². The Balaban J connectivity index is 2.16. The molecule has 0 spiro atoms. The number of aromatic nitrogens is 3. The van der Waals surface area contributed by atoms with Gasteiger partial charge in [0.05, 0.1) is 22.4 Å². The summed E-state index contributed by atoms with van der Waals surface area (Å²) < 4.78 is 15.8. The number of hydrogen-bond acceptors (Lipinski definition) is 3. The molecule has 0 N–H and O–H groups in total. The van der Waals surface area contributed by atoms with Crippen LogP contribution in [0.2, 0.25) is 0 Å². The molecular formula is C14H13ClFN3S. The minimum Gasteiger partial charge on any atom is -0.321 e. The molecule has 0 radical (unpaired) electrons. The van der Waals surface area contributed by atoms with Crippen LogP contribution in [0.25, 0.3) is 11.0 Å². The maximum atomic E-state index is 13.9. The molecule has 0 aliphatic rings. The summed E-state index contributed by atoms with van der Waals surface area (Å²) >= 11 is 7.81. The van der Waals surface area contributed by atoms with Gasteiger partial charge in [0.2, 0.25) is 0 Å². The SMILES string of the molecule is Cc1ncc(Cn2c(C(C)Cl)nc3c(F)cccc32)s1. The maximum Gasteiger partial charge on any atom is 0.151 e. The van der Waals surface area contributed by atoms with Crippen LogP contribution in [-0.4, -0.2) is 14.5 Å². The number of aryl methyl sites for hydroxylation is 1. The van der Waals surface area contributed by atoms with E-state index in [1.165, 1.54) is 6.07 Å². The number of imidazole rings is 1. The van der Waals surface area contributed by atoms with Gasteiger partial charge in [-0.05, 0) is 26.0 Å². The van der Waals surface area contributed by atoms with Crippen LogP contribution < -0.4 is 0 Å². The number of alkyl halides is 1. The number of para-hydroxylation sites is 1. The Kier molecular flexibility index (Phi) is 3.48. The largest absolute Gasteiger partial charge is 0.321 e. The molecule has 0 saturated carbocycles. The summed E-state index contributed by atoms with van der Waals surface area (Å²) in [5.41, 5.74) is 1.13. The second-order valence-corrected chi connectivity index (χ2v) is 6.60. The normalized spacial score (nSPS) is 13.0. The number of rotatable bonds is 3. The fourth-order valence-electron chi connectivity index (χ4n) is 2.23. The number of hydrogen-bond donors (Lipinski definition) is 0. The summed E-state index contributed by atoms with van der Waals surface area (Å²) in [6.45, 7) is 4.41. The van der Waals surface area contributed by atoms with Gasteiger partial charge in [0, 0.05) is 11.1 Å². The predicted octanol–water partition coefficient (Wildman–Crippen LogP) is 4.29. The topological polar surface area (TPSA) is 30.7 Å². The number of thiazole rings is 1. The van der Waals surface area contributed by atoms with Crippen molar-refractivity contribution in [1.82, 2.24) is 14.5 Å². The Labute approximate surface area is 125 Å². The first-order chi connectivity index (χ1) is 9.56. The van der Waals surface area contributed by atoms with Crippen molar-refractivity contribution < 1.29 is 4.39 Å². The van der Waals surface area contributed by atoms with Gasteiger partial charge in [-0.25, -0.2) is 14.4 Å². The summed E-state index contributed by atoms with van der Waals surface area (Å²) in [5.74, 6) is 0.359. The molecule has 1 aromatic carbocycles. The van der Waals surface area contributed by atoms with Gasteiger partial charge in [-0.1, -0.05) is 6.07 Å². The molecular weight excluding hydrogens is 297 g/mol. The minimum absolute atomic E-state index is 0.282. The third-order valence-electron chi connectivity index (χ3n) is 3.10. The molecule has 2 aromatic heterocycles. The quantitative estimate of drug-likeness (QED) is 0.676. The van der Waals surface area contributed by atoms with Gasteiger partial charge in [0.15, 0.2) is 5.82 Å². The number of benzene rings is 1. The third kappa shape index (κ3) is 2.31. The Morgan fingerprint density at radius 1 is 1.45 bits per heavy atom. The first-order valence-corrected chi connectivity index (χ1v) is 7.51. The molecule has 104 valence electrons.